The summed E-state index contributed by atoms with van der Waals surface area (Å²) in [6.07, 6.45) is -0.272. The number of amides is 1. The molecule has 2 atom stereocenters. The first-order valence-electron chi connectivity index (χ1n) is 7.05. The molecule has 2 heterocycles. The van der Waals surface area contributed by atoms with Crippen LogP contribution in [0, 0.1) is 0 Å². The van der Waals surface area contributed by atoms with Gasteiger partial charge in [0.25, 0.3) is 5.91 Å². The predicted octanol–water partition coefficient (Wildman–Crippen LogP) is 0.512. The number of carbonyl (C=O) groups excluding carboxylic acids is 1. The minimum Gasteiger partial charge on any atom is -0.394 e. The average molecular weight is 276 g/mol. The van der Waals surface area contributed by atoms with E-state index in [4.69, 9.17) is 4.74 Å². The van der Waals surface area contributed by atoms with Gasteiger partial charge in [-0.25, -0.2) is 0 Å². The minimum absolute atomic E-state index is 0.0222. The van der Waals surface area contributed by atoms with Crippen molar-refractivity contribution in [2.45, 2.75) is 32.2 Å². The van der Waals surface area contributed by atoms with Crippen molar-refractivity contribution >= 4 is 5.91 Å². The van der Waals surface area contributed by atoms with E-state index in [0.717, 1.165) is 18.7 Å². The highest BCUT2D eigenvalue weighted by molar-refractivity contribution is 5.94. The summed E-state index contributed by atoms with van der Waals surface area (Å²) in [5.41, 5.74) is 3.19. The molecule has 0 bridgehead atoms. The van der Waals surface area contributed by atoms with Gasteiger partial charge < -0.3 is 20.1 Å². The fraction of sp³-hybridized carbons (Fsp3) is 0.533. The Morgan fingerprint density at radius 3 is 3.05 bits per heavy atom. The third-order valence-electron chi connectivity index (χ3n) is 4.05. The molecule has 0 aromatic heterocycles. The van der Waals surface area contributed by atoms with Crippen LogP contribution < -0.4 is 5.32 Å². The first-order valence-corrected chi connectivity index (χ1v) is 7.05. The largest absolute Gasteiger partial charge is 0.394 e. The van der Waals surface area contributed by atoms with Gasteiger partial charge in [-0.1, -0.05) is 6.07 Å². The molecule has 5 nitrogen and oxygen atoms in total. The molecule has 1 aromatic carbocycles. The summed E-state index contributed by atoms with van der Waals surface area (Å²) in [6.45, 7) is 4.55. The van der Waals surface area contributed by atoms with E-state index in [1.807, 2.05) is 25.1 Å². The van der Waals surface area contributed by atoms with Crippen LogP contribution in [0.4, 0.5) is 0 Å². The van der Waals surface area contributed by atoms with Gasteiger partial charge >= 0.3 is 0 Å². The van der Waals surface area contributed by atoms with Gasteiger partial charge in [0, 0.05) is 25.2 Å². The molecule has 5 heteroatoms. The zero-order valence-corrected chi connectivity index (χ0v) is 11.6. The van der Waals surface area contributed by atoms with Crippen LogP contribution in [0.15, 0.2) is 18.2 Å². The van der Waals surface area contributed by atoms with Crippen LogP contribution in [0.2, 0.25) is 0 Å². The molecule has 0 saturated carbocycles. The Morgan fingerprint density at radius 1 is 1.45 bits per heavy atom. The molecule has 2 aliphatic heterocycles. The maximum Gasteiger partial charge on any atom is 0.254 e. The Bertz CT molecular complexity index is 518. The molecule has 1 fully saturated rings. The monoisotopic (exact) mass is 276 g/mol. The molecule has 2 N–H and O–H groups in total. The summed E-state index contributed by atoms with van der Waals surface area (Å²) in [6, 6.07) is 5.94. The van der Waals surface area contributed by atoms with Gasteiger partial charge in [-0.3, -0.25) is 4.79 Å². The van der Waals surface area contributed by atoms with Crippen LogP contribution in [0.25, 0.3) is 0 Å². The van der Waals surface area contributed by atoms with Gasteiger partial charge in [0.05, 0.1) is 25.4 Å². The first-order chi connectivity index (χ1) is 9.69. The molecule has 1 aromatic rings. The number of benzene rings is 1. The molecule has 108 valence electrons. The van der Waals surface area contributed by atoms with E-state index in [9.17, 15) is 9.90 Å². The number of rotatable bonds is 2. The molecule has 3 rings (SSSR count). The quantitative estimate of drug-likeness (QED) is 0.826. The summed E-state index contributed by atoms with van der Waals surface area (Å²) in [7, 11) is 0. The van der Waals surface area contributed by atoms with Gasteiger partial charge in [0.15, 0.2) is 0 Å². The molecular weight excluding hydrogens is 256 g/mol. The lowest BCUT2D eigenvalue weighted by Crippen LogP contribution is -2.52. The number of ether oxygens (including phenoxy) is 1. The summed E-state index contributed by atoms with van der Waals surface area (Å²) < 4.78 is 5.48. The average Bonchev–Trinajstić information content (AvgIpc) is 2.94. The van der Waals surface area contributed by atoms with Gasteiger partial charge in [-0.2, -0.15) is 0 Å². The van der Waals surface area contributed by atoms with Crippen molar-refractivity contribution in [3.05, 3.63) is 34.9 Å². The maximum atomic E-state index is 12.6. The van der Waals surface area contributed by atoms with Crippen molar-refractivity contribution in [3.8, 4) is 0 Å². The fourth-order valence-electron chi connectivity index (χ4n) is 2.80. The SMILES string of the molecule is CC1COC(CO)CN1C(=O)c1ccc2c(c1)CNC2. The third-order valence-corrected chi connectivity index (χ3v) is 4.05. The highest BCUT2D eigenvalue weighted by Crippen LogP contribution is 2.20. The Labute approximate surface area is 118 Å². The molecule has 0 spiro atoms. The topological polar surface area (TPSA) is 61.8 Å². The highest BCUT2D eigenvalue weighted by atomic mass is 16.5. The number of aliphatic hydroxyl groups is 1. The van der Waals surface area contributed by atoms with E-state index < -0.39 is 0 Å². The van der Waals surface area contributed by atoms with E-state index >= 15 is 0 Å². The molecule has 20 heavy (non-hydrogen) atoms. The number of hydrogen-bond acceptors (Lipinski definition) is 4. The second-order valence-corrected chi connectivity index (χ2v) is 5.53. The standard InChI is InChI=1S/C15H20N2O3/c1-10-9-20-14(8-18)7-17(10)15(19)11-2-3-12-5-16-6-13(12)4-11/h2-4,10,14,16,18H,5-9H2,1H3. The van der Waals surface area contributed by atoms with Crippen LogP contribution in [0.1, 0.15) is 28.4 Å². The molecular formula is C15H20N2O3. The van der Waals surface area contributed by atoms with Crippen molar-refractivity contribution in [2.24, 2.45) is 0 Å². The van der Waals surface area contributed by atoms with Gasteiger partial charge in [0.1, 0.15) is 0 Å². The molecule has 1 saturated heterocycles. The Kier molecular flexibility index (Phi) is 3.74. The zero-order chi connectivity index (χ0) is 14.1. The Balaban J connectivity index is 1.80. The van der Waals surface area contributed by atoms with Crippen molar-refractivity contribution in [2.75, 3.05) is 19.8 Å². The molecule has 0 aliphatic carbocycles. The van der Waals surface area contributed by atoms with E-state index in [2.05, 4.69) is 5.32 Å². The van der Waals surface area contributed by atoms with Gasteiger partial charge in [0.2, 0.25) is 0 Å². The van der Waals surface area contributed by atoms with Crippen molar-refractivity contribution in [1.29, 1.82) is 0 Å². The van der Waals surface area contributed by atoms with Crippen LogP contribution in [0.3, 0.4) is 0 Å². The number of morpholine rings is 1. The lowest BCUT2D eigenvalue weighted by Gasteiger charge is -2.37. The summed E-state index contributed by atoms with van der Waals surface area (Å²) in [5.74, 6) is 0.0222. The first kappa shape index (κ1) is 13.5. The van der Waals surface area contributed by atoms with Crippen LogP contribution in [-0.4, -0.2) is 47.8 Å². The van der Waals surface area contributed by atoms with E-state index in [0.29, 0.717) is 13.2 Å². The molecule has 1 amide bonds. The third kappa shape index (κ3) is 2.44. The van der Waals surface area contributed by atoms with E-state index in [1.165, 1.54) is 11.1 Å². The number of hydrogen-bond donors (Lipinski definition) is 2. The summed E-state index contributed by atoms with van der Waals surface area (Å²) >= 11 is 0. The normalized spacial score (nSPS) is 25.6. The second kappa shape index (κ2) is 5.52. The van der Waals surface area contributed by atoms with Crippen LogP contribution >= 0.6 is 0 Å². The van der Waals surface area contributed by atoms with Gasteiger partial charge in [-0.05, 0) is 30.2 Å². The highest BCUT2D eigenvalue weighted by Gasteiger charge is 2.30. The smallest absolute Gasteiger partial charge is 0.254 e. The van der Waals surface area contributed by atoms with Crippen molar-refractivity contribution < 1.29 is 14.6 Å². The zero-order valence-electron chi connectivity index (χ0n) is 11.6. The number of nitrogens with one attached hydrogen (secondary N) is 1. The van der Waals surface area contributed by atoms with Gasteiger partial charge in [-0.15, -0.1) is 0 Å². The minimum atomic E-state index is -0.272. The Hall–Kier alpha value is -1.43. The Morgan fingerprint density at radius 2 is 2.25 bits per heavy atom. The second-order valence-electron chi connectivity index (χ2n) is 5.53. The maximum absolute atomic E-state index is 12.6. The molecule has 0 radical (unpaired) electrons. The molecule has 2 aliphatic rings. The lowest BCUT2D eigenvalue weighted by molar-refractivity contribution is -0.0667. The molecule has 2 unspecified atom stereocenters. The number of nitrogens with zero attached hydrogens (tertiary/aromatic N) is 1. The van der Waals surface area contributed by atoms with Crippen molar-refractivity contribution in [1.82, 2.24) is 10.2 Å². The van der Waals surface area contributed by atoms with Crippen molar-refractivity contribution in [3.63, 3.8) is 0 Å². The number of carbonyl (C=O) groups is 1. The van der Waals surface area contributed by atoms with E-state index in [1.54, 1.807) is 4.90 Å². The fourth-order valence-corrected chi connectivity index (χ4v) is 2.80. The summed E-state index contributed by atoms with van der Waals surface area (Å²) in [5, 5.41) is 12.5. The number of aliphatic hydroxyl groups excluding tert-OH is 1. The van der Waals surface area contributed by atoms with Crippen LogP contribution in [-0.2, 0) is 17.8 Å². The van der Waals surface area contributed by atoms with Crippen LogP contribution in [0.5, 0.6) is 0 Å². The summed E-state index contributed by atoms with van der Waals surface area (Å²) in [4.78, 5) is 14.4. The lowest BCUT2D eigenvalue weighted by atomic mass is 10.0. The number of fused-ring (bicyclic) bond motifs is 1. The predicted molar refractivity (Wildman–Crippen MR) is 74.3 cm³/mol. The van der Waals surface area contributed by atoms with E-state index in [-0.39, 0.29) is 24.7 Å².